The number of sulfonamides is 1. The van der Waals surface area contributed by atoms with Gasteiger partial charge in [-0.1, -0.05) is 6.07 Å². The second-order valence-corrected chi connectivity index (χ2v) is 7.47. The number of aliphatic hydroxyl groups excluding tert-OH is 1. The molecule has 122 valence electrons. The van der Waals surface area contributed by atoms with Crippen molar-refractivity contribution in [2.75, 3.05) is 5.32 Å². The van der Waals surface area contributed by atoms with Gasteiger partial charge in [0.1, 0.15) is 0 Å². The summed E-state index contributed by atoms with van der Waals surface area (Å²) in [4.78, 5) is 11.3. The van der Waals surface area contributed by atoms with Crippen LogP contribution in [0.15, 0.2) is 23.1 Å². The van der Waals surface area contributed by atoms with Gasteiger partial charge in [0.05, 0.1) is 11.0 Å². The Morgan fingerprint density at radius 3 is 2.45 bits per heavy atom. The van der Waals surface area contributed by atoms with Crippen molar-refractivity contribution in [3.05, 3.63) is 23.8 Å². The first kappa shape index (κ1) is 16.9. The molecular formula is C15H22N2O4S. The molecule has 0 aliphatic heterocycles. The van der Waals surface area contributed by atoms with Crippen LogP contribution in [0.25, 0.3) is 0 Å². The van der Waals surface area contributed by atoms with Crippen molar-refractivity contribution < 1.29 is 18.3 Å². The highest BCUT2D eigenvalue weighted by atomic mass is 32.2. The number of benzene rings is 1. The molecule has 0 saturated heterocycles. The van der Waals surface area contributed by atoms with Gasteiger partial charge in [-0.2, -0.15) is 0 Å². The van der Waals surface area contributed by atoms with Gasteiger partial charge in [-0.15, -0.1) is 0 Å². The smallest absolute Gasteiger partial charge is 0.241 e. The van der Waals surface area contributed by atoms with Gasteiger partial charge in [-0.05, 0) is 50.3 Å². The van der Waals surface area contributed by atoms with Crippen LogP contribution in [0.5, 0.6) is 0 Å². The van der Waals surface area contributed by atoms with E-state index in [9.17, 15) is 18.3 Å². The van der Waals surface area contributed by atoms with Crippen molar-refractivity contribution in [3.63, 3.8) is 0 Å². The Balaban J connectivity index is 2.19. The second kappa shape index (κ2) is 6.76. The summed E-state index contributed by atoms with van der Waals surface area (Å²) in [7, 11) is -3.65. The fraction of sp³-hybridized carbons (Fsp3) is 0.533. The number of aryl methyl sites for hydroxylation is 1. The number of hydrogen-bond acceptors (Lipinski definition) is 4. The summed E-state index contributed by atoms with van der Waals surface area (Å²) in [6.07, 6.45) is 2.15. The SMILES string of the molecule is CC(=O)Nc1ccc(C)c(S(=O)(=O)NC2CCC(O)CC2)c1. The average Bonchev–Trinajstić information content (AvgIpc) is 2.42. The molecule has 1 aliphatic rings. The minimum atomic E-state index is -3.65. The third-order valence-electron chi connectivity index (χ3n) is 3.82. The third-order valence-corrected chi connectivity index (χ3v) is 5.48. The molecule has 1 saturated carbocycles. The minimum absolute atomic E-state index is 0.155. The molecule has 0 spiro atoms. The highest BCUT2D eigenvalue weighted by molar-refractivity contribution is 7.89. The highest BCUT2D eigenvalue weighted by Crippen LogP contribution is 2.24. The Morgan fingerprint density at radius 1 is 1.23 bits per heavy atom. The Kier molecular flexibility index (Phi) is 5.20. The van der Waals surface area contributed by atoms with Crippen LogP contribution in [0, 0.1) is 6.92 Å². The van der Waals surface area contributed by atoms with Gasteiger partial charge in [-0.25, -0.2) is 13.1 Å². The molecule has 0 radical (unpaired) electrons. The molecule has 1 aromatic carbocycles. The molecule has 6 nitrogen and oxygen atoms in total. The molecule has 0 heterocycles. The van der Waals surface area contributed by atoms with Gasteiger partial charge in [-0.3, -0.25) is 4.79 Å². The van der Waals surface area contributed by atoms with E-state index in [0.29, 0.717) is 36.9 Å². The molecule has 0 bridgehead atoms. The largest absolute Gasteiger partial charge is 0.393 e. The molecular weight excluding hydrogens is 304 g/mol. The van der Waals surface area contributed by atoms with Crippen molar-refractivity contribution >= 4 is 21.6 Å². The van der Waals surface area contributed by atoms with E-state index in [0.717, 1.165) is 0 Å². The fourth-order valence-corrected chi connectivity index (χ4v) is 4.22. The molecule has 22 heavy (non-hydrogen) atoms. The number of hydrogen-bond donors (Lipinski definition) is 3. The van der Waals surface area contributed by atoms with E-state index in [2.05, 4.69) is 10.0 Å². The molecule has 0 aromatic heterocycles. The maximum absolute atomic E-state index is 12.6. The number of nitrogens with one attached hydrogen (secondary N) is 2. The summed E-state index contributed by atoms with van der Waals surface area (Å²) in [5, 5.41) is 12.1. The molecule has 1 aliphatic carbocycles. The third kappa shape index (κ3) is 4.28. The average molecular weight is 326 g/mol. The van der Waals surface area contributed by atoms with Gasteiger partial charge >= 0.3 is 0 Å². The Hall–Kier alpha value is -1.44. The van der Waals surface area contributed by atoms with Crippen LogP contribution in [0.1, 0.15) is 38.2 Å². The molecule has 0 unspecified atom stereocenters. The summed E-state index contributed by atoms with van der Waals surface area (Å²) in [6, 6.07) is 4.66. The summed E-state index contributed by atoms with van der Waals surface area (Å²) >= 11 is 0. The van der Waals surface area contributed by atoms with Crippen molar-refractivity contribution in [1.82, 2.24) is 4.72 Å². The molecule has 1 amide bonds. The number of amides is 1. The first-order valence-corrected chi connectivity index (χ1v) is 8.85. The van der Waals surface area contributed by atoms with Crippen molar-refractivity contribution in [1.29, 1.82) is 0 Å². The van der Waals surface area contributed by atoms with E-state index in [1.165, 1.54) is 13.0 Å². The van der Waals surface area contributed by atoms with Crippen LogP contribution in [-0.4, -0.2) is 31.6 Å². The van der Waals surface area contributed by atoms with Crippen LogP contribution < -0.4 is 10.0 Å². The first-order chi connectivity index (χ1) is 10.3. The monoisotopic (exact) mass is 326 g/mol. The van der Waals surface area contributed by atoms with Gasteiger partial charge in [0, 0.05) is 18.7 Å². The lowest BCUT2D eigenvalue weighted by atomic mass is 9.94. The predicted octanol–water partition coefficient (Wildman–Crippen LogP) is 1.54. The molecule has 7 heteroatoms. The summed E-state index contributed by atoms with van der Waals surface area (Å²) in [5.74, 6) is -0.249. The number of aliphatic hydroxyl groups is 1. The second-order valence-electron chi connectivity index (χ2n) is 5.79. The Labute approximate surface area is 131 Å². The van der Waals surface area contributed by atoms with Gasteiger partial charge in [0.2, 0.25) is 15.9 Å². The van der Waals surface area contributed by atoms with E-state index < -0.39 is 10.0 Å². The van der Waals surface area contributed by atoms with E-state index in [-0.39, 0.29) is 22.9 Å². The molecule has 1 fully saturated rings. The normalized spacial score (nSPS) is 22.3. The number of carbonyl (C=O) groups excluding carboxylic acids is 1. The summed E-state index contributed by atoms with van der Waals surface area (Å²) in [5.41, 5.74) is 1.08. The molecule has 0 atom stereocenters. The fourth-order valence-electron chi connectivity index (χ4n) is 2.65. The first-order valence-electron chi connectivity index (χ1n) is 7.36. The maximum atomic E-state index is 12.6. The van der Waals surface area contributed by atoms with E-state index in [1.54, 1.807) is 19.1 Å². The Morgan fingerprint density at radius 2 is 1.86 bits per heavy atom. The van der Waals surface area contributed by atoms with Gasteiger partial charge in [0.15, 0.2) is 0 Å². The zero-order valence-electron chi connectivity index (χ0n) is 12.8. The quantitative estimate of drug-likeness (QED) is 0.782. The van der Waals surface area contributed by atoms with Crippen molar-refractivity contribution in [2.45, 2.75) is 56.6 Å². The number of anilines is 1. The lowest BCUT2D eigenvalue weighted by molar-refractivity contribution is -0.114. The lowest BCUT2D eigenvalue weighted by Gasteiger charge is -2.26. The van der Waals surface area contributed by atoms with Crippen LogP contribution >= 0.6 is 0 Å². The topological polar surface area (TPSA) is 95.5 Å². The van der Waals surface area contributed by atoms with Crippen LogP contribution in [0.3, 0.4) is 0 Å². The van der Waals surface area contributed by atoms with Crippen LogP contribution in [-0.2, 0) is 14.8 Å². The molecule has 3 N–H and O–H groups in total. The van der Waals surface area contributed by atoms with E-state index >= 15 is 0 Å². The lowest BCUT2D eigenvalue weighted by Crippen LogP contribution is -2.38. The summed E-state index contributed by atoms with van der Waals surface area (Å²) < 4.78 is 27.8. The van der Waals surface area contributed by atoms with Crippen molar-refractivity contribution in [3.8, 4) is 0 Å². The maximum Gasteiger partial charge on any atom is 0.241 e. The highest BCUT2D eigenvalue weighted by Gasteiger charge is 2.26. The van der Waals surface area contributed by atoms with Gasteiger partial charge in [0.25, 0.3) is 0 Å². The van der Waals surface area contributed by atoms with Crippen LogP contribution in [0.2, 0.25) is 0 Å². The van der Waals surface area contributed by atoms with E-state index in [4.69, 9.17) is 0 Å². The zero-order chi connectivity index (χ0) is 16.3. The van der Waals surface area contributed by atoms with Gasteiger partial charge < -0.3 is 10.4 Å². The van der Waals surface area contributed by atoms with Crippen molar-refractivity contribution in [2.24, 2.45) is 0 Å². The summed E-state index contributed by atoms with van der Waals surface area (Å²) in [6.45, 7) is 3.09. The van der Waals surface area contributed by atoms with Crippen LogP contribution in [0.4, 0.5) is 5.69 Å². The zero-order valence-corrected chi connectivity index (χ0v) is 13.6. The standard InChI is InChI=1S/C15H22N2O4S/c1-10-3-4-13(16-11(2)18)9-15(10)22(20,21)17-12-5-7-14(19)8-6-12/h3-4,9,12,14,17,19H,5-8H2,1-2H3,(H,16,18). The number of carbonyl (C=O) groups is 1. The predicted molar refractivity (Wildman–Crippen MR) is 84.1 cm³/mol. The minimum Gasteiger partial charge on any atom is -0.393 e. The van der Waals surface area contributed by atoms with E-state index in [1.807, 2.05) is 0 Å². The molecule has 1 aromatic rings. The number of rotatable bonds is 4. The Bertz CT molecular complexity index is 650. The molecule has 2 rings (SSSR count).